The minimum absolute atomic E-state index is 0.162. The Labute approximate surface area is 277 Å². The second kappa shape index (κ2) is 10.1. The molecule has 0 bridgehead atoms. The Bertz CT molecular complexity index is 1790. The Morgan fingerprint density at radius 1 is 0.458 bits per heavy atom. The van der Waals surface area contributed by atoms with E-state index in [-0.39, 0.29) is 59.4 Å². The fourth-order valence-electron chi connectivity index (χ4n) is 10.2. The van der Waals surface area contributed by atoms with E-state index in [4.69, 9.17) is 18.9 Å². The second-order valence-electron chi connectivity index (χ2n) is 13.4. The molecule has 10 rings (SSSR count). The quantitative estimate of drug-likeness (QED) is 0.141. The van der Waals surface area contributed by atoms with Crippen LogP contribution in [-0.2, 0) is 19.1 Å². The molecule has 48 heavy (non-hydrogen) atoms. The second-order valence-corrected chi connectivity index (χ2v) is 13.4. The third-order valence-electron chi connectivity index (χ3n) is 11.9. The summed E-state index contributed by atoms with van der Waals surface area (Å²) in [6.45, 7) is 4.21. The molecule has 6 aliphatic rings. The molecule has 6 saturated carbocycles. The van der Waals surface area contributed by atoms with Gasteiger partial charge >= 0.3 is 23.9 Å². The lowest BCUT2D eigenvalue weighted by Crippen LogP contribution is -3.12. The summed E-state index contributed by atoms with van der Waals surface area (Å²) < 4.78 is 21.9. The molecule has 6 fully saturated rings. The molecule has 0 N–H and O–H groups in total. The molecular weight excluding hydrogens is 608 g/mol. The lowest BCUT2D eigenvalue weighted by atomic mass is 8.92. The molecular formula is C40H32O8. The van der Waals surface area contributed by atoms with Crippen LogP contribution in [0, 0.1) is 46.3 Å². The number of esters is 4. The highest BCUT2D eigenvalue weighted by molar-refractivity contribution is 5.98. The molecule has 8 heteroatoms. The monoisotopic (exact) mass is 640 g/mol. The Morgan fingerprint density at radius 3 is 1.00 bits per heavy atom. The fourth-order valence-corrected chi connectivity index (χ4v) is 10.2. The van der Waals surface area contributed by atoms with E-state index in [0.29, 0.717) is 35.8 Å². The van der Waals surface area contributed by atoms with Crippen molar-refractivity contribution in [2.45, 2.75) is 13.8 Å². The SMILES string of the molecule is CCOC(=O)c1ccc(-c2ccc(OC(=O)C34C5C6C3C3C4C5C63C(=O)Oc3ccc(-c4ccc(C(=O)OCC)cc4)cc3)cc2)cc1. The van der Waals surface area contributed by atoms with Gasteiger partial charge in [-0.05, 0) is 120 Å². The van der Waals surface area contributed by atoms with Crippen molar-refractivity contribution in [2.75, 3.05) is 13.2 Å². The number of hydrogen-bond donors (Lipinski definition) is 0. The molecule has 0 radical (unpaired) electrons. The number of rotatable bonds is 10. The maximum atomic E-state index is 13.5. The molecule has 0 aliphatic heterocycles. The van der Waals surface area contributed by atoms with Crippen molar-refractivity contribution in [3.8, 4) is 33.8 Å². The Balaban J connectivity index is 0.809. The molecule has 0 unspecified atom stereocenters. The molecule has 0 saturated heterocycles. The van der Waals surface area contributed by atoms with Gasteiger partial charge < -0.3 is 18.9 Å². The van der Waals surface area contributed by atoms with Gasteiger partial charge in [0.25, 0.3) is 0 Å². The van der Waals surface area contributed by atoms with E-state index in [1.54, 1.807) is 62.4 Å². The molecule has 4 aromatic carbocycles. The molecule has 0 aromatic heterocycles. The van der Waals surface area contributed by atoms with E-state index in [1.807, 2.05) is 48.5 Å². The normalized spacial score (nSPS) is 30.1. The number of carbonyl (C=O) groups is 4. The van der Waals surface area contributed by atoms with Crippen molar-refractivity contribution in [3.63, 3.8) is 0 Å². The molecule has 0 atom stereocenters. The highest BCUT2D eigenvalue weighted by Gasteiger charge is 3.13. The average molecular weight is 641 g/mol. The summed E-state index contributed by atoms with van der Waals surface area (Å²) in [5.74, 6) is 1.30. The standard InChI is InChI=1S/C40H32O8/c1-3-45-35(41)25-9-5-21(6-10-25)23-13-17-27(18-14-23)47-37(43)39-29-32-30(39)34-31(39)33(29)40(32,34)38(44)48-28-19-15-24(16-20-28)22-7-11-26(12-8-22)36(42)46-4-2/h5-20,29-34H,3-4H2,1-2H3. The molecule has 8 nitrogen and oxygen atoms in total. The molecule has 0 amide bonds. The van der Waals surface area contributed by atoms with Crippen LogP contribution >= 0.6 is 0 Å². The summed E-state index contributed by atoms with van der Waals surface area (Å²) >= 11 is 0. The first-order valence-corrected chi connectivity index (χ1v) is 16.6. The molecule has 4 aromatic rings. The summed E-state index contributed by atoms with van der Waals surface area (Å²) in [6, 6.07) is 29.3. The number of ether oxygens (including phenoxy) is 4. The van der Waals surface area contributed by atoms with Gasteiger partial charge in [-0.1, -0.05) is 48.5 Å². The first-order valence-electron chi connectivity index (χ1n) is 16.6. The fraction of sp³-hybridized carbons (Fsp3) is 0.300. The molecule has 6 aliphatic carbocycles. The average Bonchev–Trinajstić information content (AvgIpc) is 3.12. The zero-order chi connectivity index (χ0) is 32.9. The predicted octanol–water partition coefficient (Wildman–Crippen LogP) is 6.62. The summed E-state index contributed by atoms with van der Waals surface area (Å²) in [7, 11) is 0. The Morgan fingerprint density at radius 2 is 0.729 bits per heavy atom. The third kappa shape index (κ3) is 3.45. The van der Waals surface area contributed by atoms with E-state index in [9.17, 15) is 19.2 Å². The van der Waals surface area contributed by atoms with Crippen LogP contribution in [-0.4, -0.2) is 37.1 Å². The van der Waals surface area contributed by atoms with Gasteiger partial charge in [0.05, 0.1) is 35.2 Å². The minimum Gasteiger partial charge on any atom is -0.462 e. The van der Waals surface area contributed by atoms with Crippen LogP contribution in [0.4, 0.5) is 0 Å². The summed E-state index contributed by atoms with van der Waals surface area (Å²) in [5, 5.41) is 0. The zero-order valence-corrected chi connectivity index (χ0v) is 26.4. The maximum absolute atomic E-state index is 13.5. The molecule has 240 valence electrons. The van der Waals surface area contributed by atoms with Gasteiger partial charge in [-0.25, -0.2) is 9.59 Å². The van der Waals surface area contributed by atoms with Gasteiger partial charge in [0.1, 0.15) is 11.5 Å². The smallest absolute Gasteiger partial charge is 0.338 e. The molecule has 0 spiro atoms. The van der Waals surface area contributed by atoms with Crippen LogP contribution < -0.4 is 9.47 Å². The van der Waals surface area contributed by atoms with Gasteiger partial charge in [-0.15, -0.1) is 0 Å². The van der Waals surface area contributed by atoms with Crippen molar-refractivity contribution >= 4 is 23.9 Å². The van der Waals surface area contributed by atoms with Crippen molar-refractivity contribution < 1.29 is 38.1 Å². The minimum atomic E-state index is -0.423. The topological polar surface area (TPSA) is 105 Å². The largest absolute Gasteiger partial charge is 0.462 e. The van der Waals surface area contributed by atoms with Crippen LogP contribution in [0.15, 0.2) is 97.1 Å². The lowest BCUT2D eigenvalue weighted by Gasteiger charge is -3.08. The van der Waals surface area contributed by atoms with E-state index in [0.717, 1.165) is 22.3 Å². The first-order chi connectivity index (χ1) is 23.3. The number of hydrogen-bond acceptors (Lipinski definition) is 8. The van der Waals surface area contributed by atoms with Crippen molar-refractivity contribution in [2.24, 2.45) is 46.3 Å². The van der Waals surface area contributed by atoms with Crippen LogP contribution in [0.3, 0.4) is 0 Å². The predicted molar refractivity (Wildman–Crippen MR) is 173 cm³/mol. The van der Waals surface area contributed by atoms with Gasteiger partial charge in [0.2, 0.25) is 0 Å². The van der Waals surface area contributed by atoms with Gasteiger partial charge in [0.15, 0.2) is 0 Å². The van der Waals surface area contributed by atoms with Crippen LogP contribution in [0.2, 0.25) is 0 Å². The highest BCUT2D eigenvalue weighted by atomic mass is 16.5. The summed E-state index contributed by atoms with van der Waals surface area (Å²) in [4.78, 5) is 50.9. The Hall–Kier alpha value is -5.24. The van der Waals surface area contributed by atoms with Gasteiger partial charge in [-0.3, -0.25) is 9.59 Å². The summed E-state index contributed by atoms with van der Waals surface area (Å²) in [5.41, 5.74) is 3.93. The van der Waals surface area contributed by atoms with Gasteiger partial charge in [0, 0.05) is 0 Å². The van der Waals surface area contributed by atoms with Crippen LogP contribution in [0.1, 0.15) is 34.6 Å². The number of benzene rings is 4. The lowest BCUT2D eigenvalue weighted by molar-refractivity contribution is -0.627. The van der Waals surface area contributed by atoms with Crippen molar-refractivity contribution in [1.82, 2.24) is 0 Å². The molecule has 0 heterocycles. The van der Waals surface area contributed by atoms with E-state index in [2.05, 4.69) is 0 Å². The summed E-state index contributed by atoms with van der Waals surface area (Å²) in [6.07, 6.45) is 0. The van der Waals surface area contributed by atoms with Crippen LogP contribution in [0.5, 0.6) is 11.5 Å². The maximum Gasteiger partial charge on any atom is 0.338 e. The van der Waals surface area contributed by atoms with Gasteiger partial charge in [-0.2, -0.15) is 0 Å². The first kappa shape index (κ1) is 28.9. The van der Waals surface area contributed by atoms with Crippen molar-refractivity contribution in [1.29, 1.82) is 0 Å². The van der Waals surface area contributed by atoms with Crippen molar-refractivity contribution in [3.05, 3.63) is 108 Å². The zero-order valence-electron chi connectivity index (χ0n) is 26.4. The Kier molecular flexibility index (Phi) is 6.11. The van der Waals surface area contributed by atoms with Crippen LogP contribution in [0.25, 0.3) is 22.3 Å². The highest BCUT2D eigenvalue weighted by Crippen LogP contribution is 3.10. The van der Waals surface area contributed by atoms with E-state index < -0.39 is 10.8 Å². The number of carbonyl (C=O) groups excluding carboxylic acids is 4. The van der Waals surface area contributed by atoms with E-state index in [1.165, 1.54) is 0 Å². The van der Waals surface area contributed by atoms with E-state index >= 15 is 0 Å². The third-order valence-corrected chi connectivity index (χ3v) is 11.9.